The molecular formula is C23H22N2O6. The van der Waals surface area contributed by atoms with Crippen LogP contribution in [0.3, 0.4) is 0 Å². The Balaban J connectivity index is 1.97. The van der Waals surface area contributed by atoms with Crippen molar-refractivity contribution in [3.63, 3.8) is 0 Å². The van der Waals surface area contributed by atoms with Crippen LogP contribution >= 0.6 is 0 Å². The van der Waals surface area contributed by atoms with E-state index in [1.807, 2.05) is 19.9 Å². The first-order chi connectivity index (χ1) is 15.0. The molecule has 0 radical (unpaired) electrons. The number of rotatable bonds is 8. The number of aromatic nitrogens is 2. The summed E-state index contributed by atoms with van der Waals surface area (Å²) in [6.45, 7) is 4.84. The van der Waals surface area contributed by atoms with E-state index in [0.717, 1.165) is 34.1 Å². The maximum atomic E-state index is 13.3. The van der Waals surface area contributed by atoms with Gasteiger partial charge in [0.25, 0.3) is 18.5 Å². The number of ether oxygens (including phenoxy) is 3. The number of hydrogen-bond acceptors (Lipinski definition) is 7. The van der Waals surface area contributed by atoms with E-state index in [1.165, 1.54) is 0 Å². The molecule has 8 heteroatoms. The Labute approximate surface area is 178 Å². The van der Waals surface area contributed by atoms with E-state index in [-0.39, 0.29) is 18.3 Å². The Bertz CT molecular complexity index is 1250. The van der Waals surface area contributed by atoms with Gasteiger partial charge in [-0.15, -0.1) is 0 Å². The Hall–Kier alpha value is -3.52. The first-order valence-corrected chi connectivity index (χ1v) is 9.94. The number of fused-ring (bicyclic) bond motifs is 4. The lowest BCUT2D eigenvalue weighted by molar-refractivity contribution is -0.130. The van der Waals surface area contributed by atoms with Crippen LogP contribution < -0.4 is 10.3 Å². The van der Waals surface area contributed by atoms with E-state index in [1.54, 1.807) is 29.9 Å². The van der Waals surface area contributed by atoms with Crippen molar-refractivity contribution in [3.05, 3.63) is 56.9 Å². The summed E-state index contributed by atoms with van der Waals surface area (Å²) in [5, 5.41) is 0.886. The van der Waals surface area contributed by atoms with Gasteiger partial charge < -0.3 is 18.8 Å². The topological polar surface area (TPSA) is 96.7 Å². The van der Waals surface area contributed by atoms with E-state index < -0.39 is 0 Å². The molecule has 31 heavy (non-hydrogen) atoms. The molecule has 1 aliphatic heterocycles. The first-order valence-electron chi connectivity index (χ1n) is 9.94. The lowest BCUT2D eigenvalue weighted by Gasteiger charge is -2.17. The summed E-state index contributed by atoms with van der Waals surface area (Å²) in [6.07, 6.45) is 0.360. The molecule has 3 aromatic rings. The van der Waals surface area contributed by atoms with E-state index in [9.17, 15) is 14.4 Å². The van der Waals surface area contributed by atoms with Crippen LogP contribution in [0.5, 0.6) is 5.75 Å². The molecule has 4 rings (SSSR count). The second kappa shape index (κ2) is 8.31. The predicted octanol–water partition coefficient (Wildman–Crippen LogP) is 2.90. The van der Waals surface area contributed by atoms with Crippen molar-refractivity contribution in [3.8, 4) is 17.1 Å². The number of aryl methyl sites for hydroxylation is 1. The average molecular weight is 422 g/mol. The molecule has 0 spiro atoms. The molecule has 8 nitrogen and oxygen atoms in total. The zero-order valence-electron chi connectivity index (χ0n) is 17.5. The van der Waals surface area contributed by atoms with Crippen LogP contribution in [-0.4, -0.2) is 29.6 Å². The molecule has 0 fully saturated rings. The largest absolute Gasteiger partial charge is 0.463 e. The van der Waals surface area contributed by atoms with Gasteiger partial charge in [0.1, 0.15) is 12.4 Å². The van der Waals surface area contributed by atoms with Gasteiger partial charge in [-0.2, -0.15) is 0 Å². The fraction of sp³-hybridized carbons (Fsp3) is 0.304. The van der Waals surface area contributed by atoms with Gasteiger partial charge in [0.2, 0.25) is 0 Å². The molecule has 1 unspecified atom stereocenters. The minimum absolute atomic E-state index is 0.121. The quantitative estimate of drug-likeness (QED) is 0.403. The van der Waals surface area contributed by atoms with Gasteiger partial charge in [-0.1, -0.05) is 6.92 Å². The molecule has 0 aliphatic carbocycles. The smallest absolute Gasteiger partial charge is 0.298 e. The summed E-state index contributed by atoms with van der Waals surface area (Å²) in [5.41, 5.74) is 5.05. The summed E-state index contributed by atoms with van der Waals surface area (Å²) < 4.78 is 17.0. The van der Waals surface area contributed by atoms with Crippen molar-refractivity contribution in [2.24, 2.45) is 0 Å². The molecule has 1 aliphatic rings. The third kappa shape index (κ3) is 3.38. The fourth-order valence-electron chi connectivity index (χ4n) is 4.23. The molecule has 0 saturated heterocycles. The Morgan fingerprint density at radius 1 is 1.19 bits per heavy atom. The SMILES string of the molecule is CCc1c2c(nc3ccc(OC=O)cc13)-c1cc(C(C)OC)c(COC=O)c(=O)n1C2. The zero-order chi connectivity index (χ0) is 22.1. The van der Waals surface area contributed by atoms with Crippen molar-refractivity contribution in [1.82, 2.24) is 9.55 Å². The number of carbonyl (C=O) groups is 2. The van der Waals surface area contributed by atoms with E-state index >= 15 is 0 Å². The van der Waals surface area contributed by atoms with Crippen LogP contribution in [0.4, 0.5) is 0 Å². The predicted molar refractivity (Wildman–Crippen MR) is 113 cm³/mol. The second-order valence-corrected chi connectivity index (χ2v) is 7.30. The number of methoxy groups -OCH3 is 1. The lowest BCUT2D eigenvalue weighted by Crippen LogP contribution is -2.26. The summed E-state index contributed by atoms with van der Waals surface area (Å²) in [7, 11) is 1.56. The van der Waals surface area contributed by atoms with Crippen LogP contribution in [-0.2, 0) is 38.6 Å². The van der Waals surface area contributed by atoms with Gasteiger partial charge in [-0.05, 0) is 48.7 Å². The van der Waals surface area contributed by atoms with Crippen molar-refractivity contribution in [2.45, 2.75) is 39.5 Å². The fourth-order valence-corrected chi connectivity index (χ4v) is 4.23. The molecule has 3 heterocycles. The van der Waals surface area contributed by atoms with Gasteiger partial charge in [-0.25, -0.2) is 4.98 Å². The highest BCUT2D eigenvalue weighted by molar-refractivity contribution is 5.89. The molecular weight excluding hydrogens is 400 g/mol. The van der Waals surface area contributed by atoms with Gasteiger partial charge in [0.15, 0.2) is 0 Å². The third-order valence-corrected chi connectivity index (χ3v) is 5.79. The zero-order valence-corrected chi connectivity index (χ0v) is 17.5. The second-order valence-electron chi connectivity index (χ2n) is 7.30. The lowest BCUT2D eigenvalue weighted by atomic mass is 9.98. The number of nitrogens with zero attached hydrogens (tertiary/aromatic N) is 2. The normalized spacial score (nSPS) is 12.9. The van der Waals surface area contributed by atoms with Crippen molar-refractivity contribution in [1.29, 1.82) is 0 Å². The summed E-state index contributed by atoms with van der Waals surface area (Å²) in [6, 6.07) is 7.19. The molecule has 1 aromatic carbocycles. The first kappa shape index (κ1) is 20.7. The van der Waals surface area contributed by atoms with Gasteiger partial charge in [0, 0.05) is 18.1 Å². The maximum Gasteiger partial charge on any atom is 0.298 e. The standard InChI is InChI=1S/C23H22N2O6/c1-4-15-17-7-14(31-12-27)5-6-20(17)24-22-18(15)9-25-21(22)8-16(13(2)29-3)19(23(25)28)10-30-11-26/h5-8,11-13H,4,9-10H2,1-3H3. The maximum absolute atomic E-state index is 13.3. The molecule has 0 saturated carbocycles. The molecule has 1 atom stereocenters. The van der Waals surface area contributed by atoms with Crippen LogP contribution in [0.25, 0.3) is 22.3 Å². The van der Waals surface area contributed by atoms with Crippen LogP contribution in [0.1, 0.15) is 42.2 Å². The minimum Gasteiger partial charge on any atom is -0.463 e. The molecule has 160 valence electrons. The summed E-state index contributed by atoms with van der Waals surface area (Å²) in [5.74, 6) is 0.441. The van der Waals surface area contributed by atoms with Crippen molar-refractivity contribution < 1.29 is 23.8 Å². The van der Waals surface area contributed by atoms with E-state index in [2.05, 4.69) is 0 Å². The Morgan fingerprint density at radius 3 is 2.68 bits per heavy atom. The van der Waals surface area contributed by atoms with E-state index in [4.69, 9.17) is 19.2 Å². The highest BCUT2D eigenvalue weighted by atomic mass is 16.5. The number of carbonyl (C=O) groups excluding carboxylic acids is 2. The van der Waals surface area contributed by atoms with Crippen LogP contribution in [0, 0.1) is 0 Å². The minimum atomic E-state index is -0.359. The number of benzene rings is 1. The summed E-state index contributed by atoms with van der Waals surface area (Å²) >= 11 is 0. The van der Waals surface area contributed by atoms with Gasteiger partial charge in [-0.3, -0.25) is 14.4 Å². The highest BCUT2D eigenvalue weighted by Gasteiger charge is 2.29. The molecule has 0 amide bonds. The Kier molecular flexibility index (Phi) is 5.56. The van der Waals surface area contributed by atoms with Gasteiger partial charge >= 0.3 is 0 Å². The average Bonchev–Trinajstić information content (AvgIpc) is 3.15. The van der Waals surface area contributed by atoms with Crippen molar-refractivity contribution in [2.75, 3.05) is 7.11 Å². The third-order valence-electron chi connectivity index (χ3n) is 5.79. The molecule has 0 bridgehead atoms. The number of hydrogen-bond donors (Lipinski definition) is 0. The number of pyridine rings is 2. The van der Waals surface area contributed by atoms with E-state index in [0.29, 0.717) is 42.1 Å². The van der Waals surface area contributed by atoms with Gasteiger partial charge in [0.05, 0.1) is 35.1 Å². The molecule has 0 N–H and O–H groups in total. The summed E-state index contributed by atoms with van der Waals surface area (Å²) in [4.78, 5) is 39.6. The Morgan fingerprint density at radius 2 is 2.00 bits per heavy atom. The highest BCUT2D eigenvalue weighted by Crippen LogP contribution is 2.38. The van der Waals surface area contributed by atoms with Crippen LogP contribution in [0.15, 0.2) is 29.1 Å². The van der Waals surface area contributed by atoms with Crippen LogP contribution in [0.2, 0.25) is 0 Å². The van der Waals surface area contributed by atoms with Crippen molar-refractivity contribution >= 4 is 23.8 Å². The molecule has 2 aromatic heterocycles. The monoisotopic (exact) mass is 422 g/mol.